The Balaban J connectivity index is 2.02. The van der Waals surface area contributed by atoms with Gasteiger partial charge >= 0.3 is 0 Å². The minimum Gasteiger partial charge on any atom is -0.499 e. The van der Waals surface area contributed by atoms with Gasteiger partial charge in [-0.05, 0) is 17.7 Å². The first-order chi connectivity index (χ1) is 11.3. The summed E-state index contributed by atoms with van der Waals surface area (Å²) in [5, 5.41) is 20.2. The van der Waals surface area contributed by atoms with E-state index in [0.717, 1.165) is 22.3 Å². The van der Waals surface area contributed by atoms with Gasteiger partial charge in [0.25, 0.3) is 0 Å². The summed E-state index contributed by atoms with van der Waals surface area (Å²) in [4.78, 5) is 13.1. The van der Waals surface area contributed by atoms with Gasteiger partial charge in [-0.3, -0.25) is 15.1 Å². The van der Waals surface area contributed by atoms with E-state index in [0.29, 0.717) is 0 Å². The number of anilines is 1. The van der Waals surface area contributed by atoms with Crippen LogP contribution in [-0.4, -0.2) is 28.9 Å². The molecule has 1 saturated heterocycles. The molecule has 2 heterocycles. The van der Waals surface area contributed by atoms with E-state index < -0.39 is 17.7 Å². The highest BCUT2D eigenvalue weighted by molar-refractivity contribution is 7.14. The summed E-state index contributed by atoms with van der Waals surface area (Å²) in [6.45, 7) is 0. The van der Waals surface area contributed by atoms with Gasteiger partial charge in [0.1, 0.15) is 5.82 Å². The Bertz CT molecular complexity index is 834. The molecule has 3 rings (SSSR count). The third-order valence-corrected chi connectivity index (χ3v) is 4.94. The quantitative estimate of drug-likeness (QED) is 0.623. The molecule has 1 aliphatic rings. The summed E-state index contributed by atoms with van der Waals surface area (Å²) < 4.78 is 28.1. The monoisotopic (exact) mass is 352 g/mol. The lowest BCUT2D eigenvalue weighted by molar-refractivity contribution is -0.128. The van der Waals surface area contributed by atoms with Gasteiger partial charge in [-0.2, -0.15) is 0 Å². The van der Waals surface area contributed by atoms with Gasteiger partial charge in [0.05, 0.1) is 28.6 Å². The normalized spacial score (nSPS) is 18.0. The molecule has 1 aromatic heterocycles. The SMILES string of the molecule is CN1C(=N)N[C@H](c2sc(O)c(-c3ccc(F)c(N)c3)c2F)CC1=O. The molecule has 2 aromatic rings. The van der Waals surface area contributed by atoms with Crippen LogP contribution in [0.25, 0.3) is 11.1 Å². The number of aromatic hydroxyl groups is 1. The molecule has 0 unspecified atom stereocenters. The van der Waals surface area contributed by atoms with E-state index in [4.69, 9.17) is 11.1 Å². The second-order valence-corrected chi connectivity index (χ2v) is 6.43. The Morgan fingerprint density at radius 2 is 2.17 bits per heavy atom. The van der Waals surface area contributed by atoms with Crippen LogP contribution in [-0.2, 0) is 4.79 Å². The van der Waals surface area contributed by atoms with Crippen molar-refractivity contribution in [1.29, 1.82) is 5.41 Å². The summed E-state index contributed by atoms with van der Waals surface area (Å²) in [6, 6.07) is 2.89. The van der Waals surface area contributed by atoms with Crippen LogP contribution in [0.1, 0.15) is 17.3 Å². The number of carbonyl (C=O) groups is 1. The molecule has 126 valence electrons. The molecule has 0 radical (unpaired) electrons. The smallest absolute Gasteiger partial charge is 0.231 e. The van der Waals surface area contributed by atoms with Crippen LogP contribution in [0, 0.1) is 17.0 Å². The highest BCUT2D eigenvalue weighted by Crippen LogP contribution is 2.44. The van der Waals surface area contributed by atoms with Gasteiger partial charge < -0.3 is 16.2 Å². The van der Waals surface area contributed by atoms with Gasteiger partial charge in [0.15, 0.2) is 16.8 Å². The maximum absolute atomic E-state index is 14.8. The van der Waals surface area contributed by atoms with Crippen LogP contribution in [0.2, 0.25) is 0 Å². The largest absolute Gasteiger partial charge is 0.499 e. The van der Waals surface area contributed by atoms with Crippen LogP contribution < -0.4 is 11.1 Å². The number of guanidine groups is 1. The molecule has 1 fully saturated rings. The molecule has 24 heavy (non-hydrogen) atoms. The van der Waals surface area contributed by atoms with Crippen molar-refractivity contribution >= 4 is 28.9 Å². The van der Waals surface area contributed by atoms with E-state index in [1.165, 1.54) is 19.2 Å². The fourth-order valence-electron chi connectivity index (χ4n) is 2.50. The number of benzene rings is 1. The number of halogens is 2. The average molecular weight is 352 g/mol. The Morgan fingerprint density at radius 1 is 1.46 bits per heavy atom. The predicted octanol–water partition coefficient (Wildman–Crippen LogP) is 2.41. The number of hydrogen-bond acceptors (Lipinski definition) is 5. The molecule has 9 heteroatoms. The Labute approximate surface area is 140 Å². The van der Waals surface area contributed by atoms with Crippen molar-refractivity contribution in [3.05, 3.63) is 34.7 Å². The zero-order chi connectivity index (χ0) is 17.6. The molecule has 0 aliphatic carbocycles. The zero-order valence-electron chi connectivity index (χ0n) is 12.6. The van der Waals surface area contributed by atoms with Crippen LogP contribution in [0.3, 0.4) is 0 Å². The lowest BCUT2D eigenvalue weighted by atomic mass is 10.0. The fraction of sp³-hybridized carbons (Fsp3) is 0.200. The maximum atomic E-state index is 14.8. The topological polar surface area (TPSA) is 102 Å². The summed E-state index contributed by atoms with van der Waals surface area (Å²) >= 11 is 0.774. The standard InChI is InChI=1S/C15H14F2N4O2S/c1-21-10(22)5-9(20-15(21)19)13-12(17)11(14(23)24-13)6-2-3-7(16)8(18)4-6/h2-4,9,23H,5,18H2,1H3,(H2,19,20)/t9-/m0/s1. The number of nitrogens with two attached hydrogens (primary N) is 1. The number of amides is 1. The summed E-state index contributed by atoms with van der Waals surface area (Å²) in [6.07, 6.45) is -0.0409. The second-order valence-electron chi connectivity index (χ2n) is 5.40. The number of nitrogens with one attached hydrogen (secondary N) is 2. The minimum atomic E-state index is -0.747. The zero-order valence-corrected chi connectivity index (χ0v) is 13.4. The highest BCUT2D eigenvalue weighted by Gasteiger charge is 2.33. The van der Waals surface area contributed by atoms with Gasteiger partial charge in [0, 0.05) is 7.05 Å². The summed E-state index contributed by atoms with van der Waals surface area (Å²) in [7, 11) is 1.45. The Hall–Kier alpha value is -2.68. The van der Waals surface area contributed by atoms with Crippen LogP contribution in [0.15, 0.2) is 18.2 Å². The van der Waals surface area contributed by atoms with E-state index in [2.05, 4.69) is 5.32 Å². The first kappa shape index (κ1) is 16.2. The number of nitrogen functional groups attached to an aromatic ring is 1. The molecule has 1 aliphatic heterocycles. The first-order valence-corrected chi connectivity index (χ1v) is 7.79. The van der Waals surface area contributed by atoms with Crippen molar-refractivity contribution in [2.75, 3.05) is 12.8 Å². The van der Waals surface area contributed by atoms with Crippen molar-refractivity contribution in [3.8, 4) is 16.2 Å². The van der Waals surface area contributed by atoms with Crippen molar-refractivity contribution in [3.63, 3.8) is 0 Å². The van der Waals surface area contributed by atoms with Gasteiger partial charge in [0.2, 0.25) is 5.91 Å². The lowest BCUT2D eigenvalue weighted by Gasteiger charge is -2.30. The highest BCUT2D eigenvalue weighted by atomic mass is 32.1. The number of hydrogen-bond donors (Lipinski definition) is 4. The van der Waals surface area contributed by atoms with Crippen molar-refractivity contribution < 1.29 is 18.7 Å². The number of thiophene rings is 1. The van der Waals surface area contributed by atoms with Gasteiger partial charge in [-0.1, -0.05) is 17.4 Å². The van der Waals surface area contributed by atoms with E-state index in [1.54, 1.807) is 0 Å². The molecule has 0 spiro atoms. The first-order valence-electron chi connectivity index (χ1n) is 6.97. The van der Waals surface area contributed by atoms with Gasteiger partial charge in [-0.25, -0.2) is 8.78 Å². The van der Waals surface area contributed by atoms with E-state index in [-0.39, 0.29) is 45.0 Å². The maximum Gasteiger partial charge on any atom is 0.231 e. The predicted molar refractivity (Wildman–Crippen MR) is 86.7 cm³/mol. The average Bonchev–Trinajstić information content (AvgIpc) is 2.82. The Kier molecular flexibility index (Phi) is 3.88. The van der Waals surface area contributed by atoms with Crippen molar-refractivity contribution in [2.24, 2.45) is 0 Å². The van der Waals surface area contributed by atoms with Crippen LogP contribution in [0.5, 0.6) is 5.06 Å². The molecular weight excluding hydrogens is 338 g/mol. The number of nitrogens with zero attached hydrogens (tertiary/aromatic N) is 1. The molecule has 5 N–H and O–H groups in total. The fourth-order valence-corrected chi connectivity index (χ4v) is 3.49. The number of carbonyl (C=O) groups excluding carboxylic acids is 1. The summed E-state index contributed by atoms with van der Waals surface area (Å²) in [5.41, 5.74) is 5.48. The molecule has 6 nitrogen and oxygen atoms in total. The summed E-state index contributed by atoms with van der Waals surface area (Å²) in [5.74, 6) is -1.82. The van der Waals surface area contributed by atoms with E-state index >= 15 is 0 Å². The minimum absolute atomic E-state index is 0.0409. The molecule has 1 atom stereocenters. The third kappa shape index (κ3) is 2.56. The molecule has 1 amide bonds. The second kappa shape index (κ2) is 5.75. The van der Waals surface area contributed by atoms with Crippen LogP contribution in [0.4, 0.5) is 14.5 Å². The number of rotatable bonds is 2. The molecular formula is C15H14F2N4O2S. The van der Waals surface area contributed by atoms with E-state index in [9.17, 15) is 18.7 Å². The van der Waals surface area contributed by atoms with Crippen molar-refractivity contribution in [2.45, 2.75) is 12.5 Å². The molecule has 1 aromatic carbocycles. The molecule has 0 saturated carbocycles. The van der Waals surface area contributed by atoms with E-state index in [1.807, 2.05) is 0 Å². The Morgan fingerprint density at radius 3 is 2.79 bits per heavy atom. The van der Waals surface area contributed by atoms with Crippen LogP contribution >= 0.6 is 11.3 Å². The lowest BCUT2D eigenvalue weighted by Crippen LogP contribution is -2.49. The van der Waals surface area contributed by atoms with Gasteiger partial charge in [-0.15, -0.1) is 0 Å². The van der Waals surface area contributed by atoms with Crippen molar-refractivity contribution in [1.82, 2.24) is 10.2 Å². The third-order valence-electron chi connectivity index (χ3n) is 3.86. The molecule has 0 bridgehead atoms.